The number of nitrogens with one attached hydrogen (secondary N) is 2. The molecular formula is C14H17BrN4O2S. The fourth-order valence-electron chi connectivity index (χ4n) is 1.84. The topological polar surface area (TPSA) is 79.8 Å². The number of thioether (sulfide) groups is 1. The van der Waals surface area contributed by atoms with Crippen LogP contribution in [-0.2, 0) is 11.3 Å². The minimum absolute atomic E-state index is 0.137. The first-order valence-electron chi connectivity index (χ1n) is 6.89. The van der Waals surface area contributed by atoms with Gasteiger partial charge in [-0.15, -0.1) is 5.10 Å². The molecule has 0 saturated carbocycles. The van der Waals surface area contributed by atoms with Crippen LogP contribution in [0.25, 0.3) is 0 Å². The zero-order chi connectivity index (χ0) is 16.1. The first-order valence-corrected chi connectivity index (χ1v) is 8.56. The number of amides is 1. The highest BCUT2D eigenvalue weighted by Crippen LogP contribution is 2.22. The summed E-state index contributed by atoms with van der Waals surface area (Å²) in [6.45, 7) is 4.35. The number of benzene rings is 1. The lowest BCUT2D eigenvalue weighted by Crippen LogP contribution is -2.24. The van der Waals surface area contributed by atoms with Gasteiger partial charge in [0.25, 0.3) is 0 Å². The lowest BCUT2D eigenvalue weighted by Gasteiger charge is -2.12. The molecule has 118 valence electrons. The Morgan fingerprint density at radius 1 is 1.55 bits per heavy atom. The minimum atomic E-state index is -0.371. The Morgan fingerprint density at radius 3 is 3.00 bits per heavy atom. The molecule has 6 nitrogen and oxygen atoms in total. The zero-order valence-corrected chi connectivity index (χ0v) is 14.7. The van der Waals surface area contributed by atoms with Crippen molar-refractivity contribution in [3.8, 4) is 0 Å². The molecule has 0 fully saturated rings. The molecule has 22 heavy (non-hydrogen) atoms. The summed E-state index contributed by atoms with van der Waals surface area (Å²) < 4.78 is 2.45. The molecule has 0 spiro atoms. The fraction of sp³-hybridized carbons (Fsp3) is 0.357. The van der Waals surface area contributed by atoms with E-state index in [1.807, 2.05) is 31.2 Å². The van der Waals surface area contributed by atoms with Crippen LogP contribution in [0.1, 0.15) is 20.3 Å². The molecule has 0 unspecified atom stereocenters. The van der Waals surface area contributed by atoms with Gasteiger partial charge in [-0.2, -0.15) is 0 Å². The van der Waals surface area contributed by atoms with Crippen LogP contribution in [0.3, 0.4) is 0 Å². The summed E-state index contributed by atoms with van der Waals surface area (Å²) in [7, 11) is 0. The van der Waals surface area contributed by atoms with Crippen LogP contribution in [0, 0.1) is 0 Å². The molecular weight excluding hydrogens is 368 g/mol. The van der Waals surface area contributed by atoms with Gasteiger partial charge in [0.15, 0.2) is 5.16 Å². The quantitative estimate of drug-likeness (QED) is 0.750. The largest absolute Gasteiger partial charge is 0.343 e. The van der Waals surface area contributed by atoms with Crippen molar-refractivity contribution in [2.24, 2.45) is 0 Å². The van der Waals surface area contributed by atoms with Crippen molar-refractivity contribution in [3.63, 3.8) is 0 Å². The Hall–Kier alpha value is -1.54. The summed E-state index contributed by atoms with van der Waals surface area (Å²) in [5.41, 5.74) is 0.476. The molecule has 2 rings (SSSR count). The molecule has 1 heterocycles. The van der Waals surface area contributed by atoms with E-state index in [4.69, 9.17) is 0 Å². The molecule has 0 aliphatic rings. The van der Waals surface area contributed by atoms with Gasteiger partial charge in [0.1, 0.15) is 0 Å². The van der Waals surface area contributed by atoms with E-state index in [0.717, 1.165) is 16.6 Å². The van der Waals surface area contributed by atoms with Gasteiger partial charge in [-0.05, 0) is 31.5 Å². The molecule has 0 aliphatic heterocycles. The second-order valence-electron chi connectivity index (χ2n) is 4.72. The zero-order valence-electron chi connectivity index (χ0n) is 12.3. The fourth-order valence-corrected chi connectivity index (χ4v) is 3.12. The normalized spacial score (nSPS) is 12.1. The maximum Gasteiger partial charge on any atom is 0.343 e. The number of H-pyrrole nitrogens is 1. The number of rotatable bonds is 6. The maximum atomic E-state index is 12.2. The number of aromatic nitrogens is 3. The number of carbonyl (C=O) groups is 1. The van der Waals surface area contributed by atoms with Crippen LogP contribution in [0.4, 0.5) is 5.69 Å². The number of nitrogens with zero attached hydrogens (tertiary/aromatic N) is 2. The van der Waals surface area contributed by atoms with E-state index in [1.165, 1.54) is 11.8 Å². The molecule has 0 saturated heterocycles. The molecule has 2 N–H and O–H groups in total. The third-order valence-electron chi connectivity index (χ3n) is 2.91. The lowest BCUT2D eigenvalue weighted by atomic mass is 10.3. The van der Waals surface area contributed by atoms with Gasteiger partial charge >= 0.3 is 5.69 Å². The van der Waals surface area contributed by atoms with Gasteiger partial charge in [0.2, 0.25) is 5.91 Å². The van der Waals surface area contributed by atoms with Gasteiger partial charge in [0.05, 0.1) is 5.25 Å². The van der Waals surface area contributed by atoms with E-state index in [9.17, 15) is 9.59 Å². The van der Waals surface area contributed by atoms with Crippen LogP contribution in [0.2, 0.25) is 0 Å². The molecule has 0 bridgehead atoms. The number of halogens is 1. The van der Waals surface area contributed by atoms with Crippen molar-refractivity contribution in [2.75, 3.05) is 5.32 Å². The molecule has 1 aromatic carbocycles. The molecule has 0 radical (unpaired) electrons. The smallest absolute Gasteiger partial charge is 0.325 e. The molecule has 1 aromatic heterocycles. The Balaban J connectivity index is 2.04. The van der Waals surface area contributed by atoms with Gasteiger partial charge < -0.3 is 5.32 Å². The number of aromatic amines is 1. The van der Waals surface area contributed by atoms with Crippen LogP contribution in [-0.4, -0.2) is 25.9 Å². The Labute approximate surface area is 140 Å². The van der Waals surface area contributed by atoms with Crippen molar-refractivity contribution >= 4 is 39.3 Å². The number of anilines is 1. The van der Waals surface area contributed by atoms with Crippen molar-refractivity contribution < 1.29 is 4.79 Å². The van der Waals surface area contributed by atoms with Gasteiger partial charge in [-0.1, -0.05) is 40.7 Å². The molecule has 8 heteroatoms. The minimum Gasteiger partial charge on any atom is -0.325 e. The van der Waals surface area contributed by atoms with Crippen molar-refractivity contribution in [1.82, 2.24) is 14.8 Å². The summed E-state index contributed by atoms with van der Waals surface area (Å²) >= 11 is 4.62. The van der Waals surface area contributed by atoms with Crippen molar-refractivity contribution in [1.29, 1.82) is 0 Å². The van der Waals surface area contributed by atoms with E-state index in [-0.39, 0.29) is 16.8 Å². The summed E-state index contributed by atoms with van der Waals surface area (Å²) in [6, 6.07) is 7.39. The summed E-state index contributed by atoms with van der Waals surface area (Å²) in [5.74, 6) is -0.137. The Kier molecular flexibility index (Phi) is 5.84. The van der Waals surface area contributed by atoms with Crippen LogP contribution in [0.5, 0.6) is 0 Å². The highest BCUT2D eigenvalue weighted by Gasteiger charge is 2.19. The highest BCUT2D eigenvalue weighted by molar-refractivity contribution is 9.10. The van der Waals surface area contributed by atoms with E-state index in [0.29, 0.717) is 11.7 Å². The van der Waals surface area contributed by atoms with E-state index in [1.54, 1.807) is 11.5 Å². The lowest BCUT2D eigenvalue weighted by molar-refractivity contribution is -0.115. The van der Waals surface area contributed by atoms with Gasteiger partial charge in [-0.25, -0.2) is 9.89 Å². The molecule has 2 aromatic rings. The van der Waals surface area contributed by atoms with Gasteiger partial charge in [0, 0.05) is 16.7 Å². The number of carbonyl (C=O) groups excluding carboxylic acids is 1. The molecule has 1 amide bonds. The maximum absolute atomic E-state index is 12.2. The predicted molar refractivity (Wildman–Crippen MR) is 91.2 cm³/mol. The first kappa shape index (κ1) is 16.8. The second kappa shape index (κ2) is 7.64. The first-order chi connectivity index (χ1) is 10.5. The summed E-state index contributed by atoms with van der Waals surface area (Å²) in [4.78, 5) is 23.9. The van der Waals surface area contributed by atoms with Crippen molar-refractivity contribution in [3.05, 3.63) is 39.2 Å². The summed E-state index contributed by atoms with van der Waals surface area (Å²) in [5, 5.41) is 9.41. The Morgan fingerprint density at radius 2 is 2.32 bits per heavy atom. The van der Waals surface area contributed by atoms with Gasteiger partial charge in [-0.3, -0.25) is 9.36 Å². The Bertz CT molecular complexity index is 713. The van der Waals surface area contributed by atoms with Crippen LogP contribution in [0.15, 0.2) is 38.7 Å². The van der Waals surface area contributed by atoms with Crippen molar-refractivity contribution in [2.45, 2.75) is 37.2 Å². The van der Waals surface area contributed by atoms with E-state index in [2.05, 4.69) is 31.4 Å². The molecule has 0 aliphatic carbocycles. The number of hydrogen-bond donors (Lipinski definition) is 2. The summed E-state index contributed by atoms with van der Waals surface area (Å²) in [6.07, 6.45) is 0.825. The average Bonchev–Trinajstić information content (AvgIpc) is 2.80. The highest BCUT2D eigenvalue weighted by atomic mass is 79.9. The number of hydrogen-bond acceptors (Lipinski definition) is 4. The average molecular weight is 385 g/mol. The van der Waals surface area contributed by atoms with E-state index < -0.39 is 0 Å². The van der Waals surface area contributed by atoms with E-state index >= 15 is 0 Å². The molecule has 1 atom stereocenters. The third-order valence-corrected chi connectivity index (χ3v) is 4.50. The second-order valence-corrected chi connectivity index (χ2v) is 6.95. The third kappa shape index (κ3) is 4.23. The SMILES string of the molecule is CCCn1c(S[C@H](C)C(=O)Nc2cccc(Br)c2)n[nH]c1=O. The van der Waals surface area contributed by atoms with Crippen LogP contribution < -0.4 is 11.0 Å². The standard InChI is InChI=1S/C14H17BrN4O2S/c1-3-7-19-13(21)17-18-14(19)22-9(2)12(20)16-11-6-4-5-10(15)8-11/h4-6,8-9H,3,7H2,1-2H3,(H,16,20)(H,17,21)/t9-/m1/s1. The predicted octanol–water partition coefficient (Wildman–Crippen LogP) is 2.86. The van der Waals surface area contributed by atoms with Crippen LogP contribution >= 0.6 is 27.7 Å². The monoisotopic (exact) mass is 384 g/mol.